The Morgan fingerprint density at radius 1 is 1.22 bits per heavy atom. The fourth-order valence-electron chi connectivity index (χ4n) is 3.80. The van der Waals surface area contributed by atoms with Gasteiger partial charge in [0.15, 0.2) is 5.60 Å². The molecule has 18 heavy (non-hydrogen) atoms. The molecule has 0 aromatic heterocycles. The maximum absolute atomic E-state index is 11.8. The number of hydrogen-bond acceptors (Lipinski definition) is 3. The number of ether oxygens (including phenoxy) is 1. The molecule has 1 spiro atoms. The maximum atomic E-state index is 11.8. The second-order valence-electron chi connectivity index (χ2n) is 6.04. The lowest BCUT2D eigenvalue weighted by Gasteiger charge is -2.44. The van der Waals surface area contributed by atoms with Gasteiger partial charge in [0, 0.05) is 18.7 Å². The van der Waals surface area contributed by atoms with Crippen molar-refractivity contribution in [1.29, 1.82) is 0 Å². The molecule has 1 aliphatic carbocycles. The summed E-state index contributed by atoms with van der Waals surface area (Å²) in [6.45, 7) is 3.37. The van der Waals surface area contributed by atoms with E-state index in [0.717, 1.165) is 19.4 Å². The van der Waals surface area contributed by atoms with Crippen LogP contribution in [0.3, 0.4) is 0 Å². The van der Waals surface area contributed by atoms with Gasteiger partial charge in [0.2, 0.25) is 0 Å². The van der Waals surface area contributed by atoms with Gasteiger partial charge in [-0.2, -0.15) is 0 Å². The molecule has 0 aromatic carbocycles. The van der Waals surface area contributed by atoms with Gasteiger partial charge in [-0.25, -0.2) is 4.79 Å². The number of esters is 1. The minimum absolute atomic E-state index is 0.121. The Morgan fingerprint density at radius 2 is 2.00 bits per heavy atom. The first kappa shape index (κ1) is 12.1. The van der Waals surface area contributed by atoms with Gasteiger partial charge in [-0.15, -0.1) is 0 Å². The molecule has 1 saturated heterocycles. The molecule has 3 aliphatic rings. The highest BCUT2D eigenvalue weighted by molar-refractivity contribution is 5.86. The first-order chi connectivity index (χ1) is 8.71. The van der Waals surface area contributed by atoms with Gasteiger partial charge in [0.1, 0.15) is 0 Å². The quantitative estimate of drug-likeness (QED) is 0.669. The fourth-order valence-corrected chi connectivity index (χ4v) is 3.80. The Hall–Kier alpha value is -0.990. The number of hydrogen-bond donors (Lipinski definition) is 0. The summed E-state index contributed by atoms with van der Waals surface area (Å²) in [6, 6.07) is 0.554. The number of rotatable bonds is 1. The molecule has 2 heterocycles. The van der Waals surface area contributed by atoms with Gasteiger partial charge in [-0.3, -0.25) is 0 Å². The monoisotopic (exact) mass is 249 g/mol. The van der Waals surface area contributed by atoms with E-state index in [-0.39, 0.29) is 11.6 Å². The van der Waals surface area contributed by atoms with E-state index in [1.165, 1.54) is 44.2 Å². The normalized spacial score (nSPS) is 31.4. The zero-order valence-corrected chi connectivity index (χ0v) is 11.3. The van der Waals surface area contributed by atoms with Crippen molar-refractivity contribution >= 4 is 5.97 Å². The highest BCUT2D eigenvalue weighted by atomic mass is 16.6. The van der Waals surface area contributed by atoms with Crippen molar-refractivity contribution < 1.29 is 9.53 Å². The molecule has 100 valence electrons. The van der Waals surface area contributed by atoms with Gasteiger partial charge in [-0.05, 0) is 51.9 Å². The molecule has 3 nitrogen and oxygen atoms in total. The van der Waals surface area contributed by atoms with Crippen LogP contribution in [-0.4, -0.2) is 29.1 Å². The van der Waals surface area contributed by atoms with E-state index in [1.54, 1.807) is 6.08 Å². The maximum Gasteiger partial charge on any atom is 0.333 e. The SMILES string of the molecule is C[C@@H]1CCCCN1C1=CC(=O)OC12CCCCC2. The average molecular weight is 249 g/mol. The van der Waals surface area contributed by atoms with E-state index in [0.29, 0.717) is 6.04 Å². The number of piperidine rings is 1. The summed E-state index contributed by atoms with van der Waals surface area (Å²) < 4.78 is 5.73. The predicted molar refractivity (Wildman–Crippen MR) is 70.0 cm³/mol. The Balaban J connectivity index is 1.87. The molecule has 1 saturated carbocycles. The van der Waals surface area contributed by atoms with Gasteiger partial charge in [0.25, 0.3) is 0 Å². The van der Waals surface area contributed by atoms with Crippen LogP contribution in [0.15, 0.2) is 11.8 Å². The van der Waals surface area contributed by atoms with Crippen LogP contribution in [0.25, 0.3) is 0 Å². The minimum atomic E-state index is -0.263. The zero-order valence-electron chi connectivity index (χ0n) is 11.3. The zero-order chi connectivity index (χ0) is 12.6. The lowest BCUT2D eigenvalue weighted by atomic mass is 9.81. The highest BCUT2D eigenvalue weighted by Gasteiger charge is 2.47. The summed E-state index contributed by atoms with van der Waals surface area (Å²) in [5, 5.41) is 0. The van der Waals surface area contributed by atoms with Gasteiger partial charge < -0.3 is 9.64 Å². The lowest BCUT2D eigenvalue weighted by Crippen LogP contribution is -2.46. The predicted octanol–water partition coefficient (Wildman–Crippen LogP) is 3.00. The summed E-state index contributed by atoms with van der Waals surface area (Å²) in [7, 11) is 0. The molecule has 0 radical (unpaired) electrons. The number of carbonyl (C=O) groups excluding carboxylic acids is 1. The Kier molecular flexibility index (Phi) is 3.08. The first-order valence-corrected chi connectivity index (χ1v) is 7.43. The van der Waals surface area contributed by atoms with E-state index >= 15 is 0 Å². The van der Waals surface area contributed by atoms with E-state index in [1.807, 2.05) is 0 Å². The summed E-state index contributed by atoms with van der Waals surface area (Å²) in [6.07, 6.45) is 11.3. The number of carbonyl (C=O) groups is 1. The van der Waals surface area contributed by atoms with Crippen LogP contribution in [0.1, 0.15) is 58.3 Å². The molecule has 1 atom stereocenters. The van der Waals surface area contributed by atoms with Crippen molar-refractivity contribution in [2.75, 3.05) is 6.54 Å². The molecule has 2 fully saturated rings. The van der Waals surface area contributed by atoms with Crippen LogP contribution < -0.4 is 0 Å². The first-order valence-electron chi connectivity index (χ1n) is 7.43. The largest absolute Gasteiger partial charge is 0.449 e. The molecular weight excluding hydrogens is 226 g/mol. The molecule has 2 aliphatic heterocycles. The van der Waals surface area contributed by atoms with Crippen LogP contribution in [0.4, 0.5) is 0 Å². The standard InChI is InChI=1S/C15H23NO2/c1-12-7-3-6-10-16(12)13-11-14(17)18-15(13)8-4-2-5-9-15/h11-12H,2-10H2,1H3/t12-/m1/s1. The summed E-state index contributed by atoms with van der Waals surface area (Å²) in [5.74, 6) is -0.121. The van der Waals surface area contributed by atoms with Gasteiger partial charge in [-0.1, -0.05) is 6.42 Å². The molecule has 0 bridgehead atoms. The van der Waals surface area contributed by atoms with E-state index in [4.69, 9.17) is 4.74 Å². The Labute approximate surface area is 109 Å². The van der Waals surface area contributed by atoms with E-state index in [9.17, 15) is 4.79 Å². The van der Waals surface area contributed by atoms with Crippen molar-refractivity contribution in [1.82, 2.24) is 4.90 Å². The van der Waals surface area contributed by atoms with Crippen molar-refractivity contribution in [3.05, 3.63) is 11.8 Å². The Bertz CT molecular complexity index is 369. The minimum Gasteiger partial charge on any atom is -0.449 e. The molecule has 0 amide bonds. The van der Waals surface area contributed by atoms with Gasteiger partial charge in [0.05, 0.1) is 5.70 Å². The summed E-state index contributed by atoms with van der Waals surface area (Å²) in [4.78, 5) is 14.2. The van der Waals surface area contributed by atoms with Crippen molar-refractivity contribution in [2.24, 2.45) is 0 Å². The molecule has 3 heteroatoms. The van der Waals surface area contributed by atoms with Crippen LogP contribution in [-0.2, 0) is 9.53 Å². The highest BCUT2D eigenvalue weighted by Crippen LogP contribution is 2.44. The van der Waals surface area contributed by atoms with Crippen LogP contribution in [0.5, 0.6) is 0 Å². The van der Waals surface area contributed by atoms with Gasteiger partial charge >= 0.3 is 5.97 Å². The van der Waals surface area contributed by atoms with Crippen LogP contribution in [0.2, 0.25) is 0 Å². The third-order valence-electron chi connectivity index (χ3n) is 4.79. The second-order valence-corrected chi connectivity index (χ2v) is 6.04. The summed E-state index contributed by atoms with van der Waals surface area (Å²) >= 11 is 0. The molecule has 3 rings (SSSR count). The smallest absolute Gasteiger partial charge is 0.333 e. The second kappa shape index (κ2) is 4.60. The summed E-state index contributed by atoms with van der Waals surface area (Å²) in [5.41, 5.74) is 0.931. The number of likely N-dealkylation sites (tertiary alicyclic amines) is 1. The lowest BCUT2D eigenvalue weighted by molar-refractivity contribution is -0.149. The van der Waals surface area contributed by atoms with E-state index in [2.05, 4.69) is 11.8 Å². The molecule has 0 unspecified atom stereocenters. The molecular formula is C15H23NO2. The van der Waals surface area contributed by atoms with Crippen LogP contribution in [0, 0.1) is 0 Å². The topological polar surface area (TPSA) is 29.5 Å². The Morgan fingerprint density at radius 3 is 2.72 bits per heavy atom. The van der Waals surface area contributed by atoms with Crippen molar-refractivity contribution in [2.45, 2.75) is 69.9 Å². The molecule has 0 N–H and O–H groups in total. The van der Waals surface area contributed by atoms with Crippen molar-refractivity contribution in [3.63, 3.8) is 0 Å². The fraction of sp³-hybridized carbons (Fsp3) is 0.800. The number of nitrogens with zero attached hydrogens (tertiary/aromatic N) is 1. The third kappa shape index (κ3) is 1.94. The average Bonchev–Trinajstić information content (AvgIpc) is 2.67. The van der Waals surface area contributed by atoms with Crippen molar-refractivity contribution in [3.8, 4) is 0 Å². The molecule has 0 aromatic rings. The third-order valence-corrected chi connectivity index (χ3v) is 4.79. The van der Waals surface area contributed by atoms with E-state index < -0.39 is 0 Å². The van der Waals surface area contributed by atoms with Crippen LogP contribution >= 0.6 is 0 Å².